The van der Waals surface area contributed by atoms with E-state index in [1.165, 1.54) is 10.6 Å². The Morgan fingerprint density at radius 3 is 2.56 bits per heavy atom. The third-order valence-corrected chi connectivity index (χ3v) is 8.23. The zero-order valence-electron chi connectivity index (χ0n) is 14.2. The molecule has 0 amide bonds. The molecule has 1 atom stereocenters. The molecule has 8 heteroatoms. The number of hydrogen-bond acceptors (Lipinski definition) is 5. The smallest absolute Gasteiger partial charge is 0.244 e. The summed E-state index contributed by atoms with van der Waals surface area (Å²) in [6.07, 6.45) is 1.77. The molecule has 25 heavy (non-hydrogen) atoms. The number of benzene rings is 1. The van der Waals surface area contributed by atoms with Gasteiger partial charge in [0.2, 0.25) is 10.0 Å². The van der Waals surface area contributed by atoms with Gasteiger partial charge in [0.15, 0.2) is 9.84 Å². The van der Waals surface area contributed by atoms with E-state index in [9.17, 15) is 16.8 Å². The standard InChI is InChI=1S/C17H21NO5S2/c1-13-5-6-17(14(2)10-13)25(21,22)18(11-16-4-3-8-23-16)15-7-9-24(19,20)12-15/h3-6,8,10,15H,7,9,11-12H2,1-2H3/t15-/m1/s1. The summed E-state index contributed by atoms with van der Waals surface area (Å²) in [5, 5.41) is 0. The Bertz CT molecular complexity index is 962. The first-order chi connectivity index (χ1) is 11.7. The first-order valence-corrected chi connectivity index (χ1v) is 11.3. The van der Waals surface area contributed by atoms with Crippen molar-refractivity contribution >= 4 is 19.9 Å². The van der Waals surface area contributed by atoms with Crippen LogP contribution in [0.1, 0.15) is 23.3 Å². The van der Waals surface area contributed by atoms with Crippen molar-refractivity contribution < 1.29 is 21.3 Å². The highest BCUT2D eigenvalue weighted by Crippen LogP contribution is 2.29. The molecule has 0 bridgehead atoms. The van der Waals surface area contributed by atoms with Crippen LogP contribution in [0.2, 0.25) is 0 Å². The van der Waals surface area contributed by atoms with E-state index in [2.05, 4.69) is 0 Å². The molecule has 2 aromatic rings. The zero-order valence-corrected chi connectivity index (χ0v) is 15.8. The van der Waals surface area contributed by atoms with Gasteiger partial charge in [-0.15, -0.1) is 0 Å². The first-order valence-electron chi connectivity index (χ1n) is 8.01. The van der Waals surface area contributed by atoms with Crippen molar-refractivity contribution in [1.82, 2.24) is 4.31 Å². The van der Waals surface area contributed by atoms with Gasteiger partial charge in [0.1, 0.15) is 5.76 Å². The molecule has 1 aromatic carbocycles. The predicted octanol–water partition coefficient (Wildman–Crippen LogP) is 2.27. The van der Waals surface area contributed by atoms with E-state index in [1.807, 2.05) is 13.0 Å². The Hall–Kier alpha value is -1.64. The number of sulfone groups is 1. The number of hydrogen-bond donors (Lipinski definition) is 0. The largest absolute Gasteiger partial charge is 0.468 e. The third kappa shape index (κ3) is 3.80. The van der Waals surface area contributed by atoms with Gasteiger partial charge in [-0.2, -0.15) is 4.31 Å². The highest BCUT2D eigenvalue weighted by atomic mass is 32.2. The molecule has 0 spiro atoms. The fourth-order valence-corrected chi connectivity index (χ4v) is 6.84. The van der Waals surface area contributed by atoms with Crippen LogP contribution in [-0.2, 0) is 26.4 Å². The summed E-state index contributed by atoms with van der Waals surface area (Å²) in [6.45, 7) is 3.66. The van der Waals surface area contributed by atoms with Crippen LogP contribution in [0.4, 0.5) is 0 Å². The second kappa shape index (κ2) is 6.59. The Balaban J connectivity index is 2.03. The Kier molecular flexibility index (Phi) is 4.78. The summed E-state index contributed by atoms with van der Waals surface area (Å²) in [4.78, 5) is 0.203. The Labute approximate surface area is 148 Å². The van der Waals surface area contributed by atoms with Crippen LogP contribution in [0.3, 0.4) is 0 Å². The zero-order chi connectivity index (χ0) is 18.2. The molecule has 3 rings (SSSR count). The minimum absolute atomic E-state index is 0.00865. The summed E-state index contributed by atoms with van der Waals surface area (Å²) in [5.74, 6) is 0.338. The molecule has 1 saturated heterocycles. The quantitative estimate of drug-likeness (QED) is 0.791. The molecular formula is C17H21NO5S2. The predicted molar refractivity (Wildman–Crippen MR) is 94.4 cm³/mol. The highest BCUT2D eigenvalue weighted by molar-refractivity contribution is 7.92. The minimum atomic E-state index is -3.85. The number of furan rings is 1. The van der Waals surface area contributed by atoms with Crippen LogP contribution in [-0.4, -0.2) is 38.7 Å². The summed E-state index contributed by atoms with van der Waals surface area (Å²) in [6, 6.07) is 7.93. The summed E-state index contributed by atoms with van der Waals surface area (Å²) in [7, 11) is -7.06. The van der Waals surface area contributed by atoms with Gasteiger partial charge >= 0.3 is 0 Å². The van der Waals surface area contributed by atoms with Crippen molar-refractivity contribution in [3.63, 3.8) is 0 Å². The molecule has 2 heterocycles. The monoisotopic (exact) mass is 383 g/mol. The van der Waals surface area contributed by atoms with Crippen molar-refractivity contribution in [3.8, 4) is 0 Å². The molecule has 0 unspecified atom stereocenters. The van der Waals surface area contributed by atoms with Crippen LogP contribution in [0.25, 0.3) is 0 Å². The lowest BCUT2D eigenvalue weighted by Gasteiger charge is -2.27. The summed E-state index contributed by atoms with van der Waals surface area (Å²) >= 11 is 0. The van der Waals surface area contributed by atoms with E-state index in [1.54, 1.807) is 31.2 Å². The van der Waals surface area contributed by atoms with Crippen LogP contribution >= 0.6 is 0 Å². The average molecular weight is 383 g/mol. The lowest BCUT2D eigenvalue weighted by Crippen LogP contribution is -2.40. The maximum atomic E-state index is 13.3. The van der Waals surface area contributed by atoms with Gasteiger partial charge in [0, 0.05) is 6.04 Å². The van der Waals surface area contributed by atoms with E-state index in [0.29, 0.717) is 17.7 Å². The van der Waals surface area contributed by atoms with Crippen LogP contribution in [0, 0.1) is 13.8 Å². The maximum Gasteiger partial charge on any atom is 0.244 e. The van der Waals surface area contributed by atoms with E-state index in [4.69, 9.17) is 4.42 Å². The molecule has 136 valence electrons. The number of aryl methyl sites for hydroxylation is 2. The summed E-state index contributed by atoms with van der Waals surface area (Å²) < 4.78 is 56.9. The van der Waals surface area contributed by atoms with Gasteiger partial charge in [-0.25, -0.2) is 16.8 Å². The highest BCUT2D eigenvalue weighted by Gasteiger charge is 2.39. The van der Waals surface area contributed by atoms with Crippen LogP contribution in [0.15, 0.2) is 45.9 Å². The average Bonchev–Trinajstić information content (AvgIpc) is 3.13. The van der Waals surface area contributed by atoms with Gasteiger partial charge in [-0.3, -0.25) is 0 Å². The van der Waals surface area contributed by atoms with Gasteiger partial charge in [-0.1, -0.05) is 17.7 Å². The van der Waals surface area contributed by atoms with E-state index >= 15 is 0 Å². The molecule has 1 aliphatic rings. The van der Waals surface area contributed by atoms with Crippen molar-refractivity contribution in [2.24, 2.45) is 0 Å². The number of rotatable bonds is 5. The molecule has 0 N–H and O–H groups in total. The van der Waals surface area contributed by atoms with Gasteiger partial charge in [0.05, 0.1) is 29.2 Å². The van der Waals surface area contributed by atoms with Gasteiger partial charge in [-0.05, 0) is 44.0 Å². The normalized spacial score (nSPS) is 20.2. The molecule has 0 radical (unpaired) electrons. The Morgan fingerprint density at radius 1 is 1.24 bits per heavy atom. The van der Waals surface area contributed by atoms with Gasteiger partial charge < -0.3 is 4.42 Å². The van der Waals surface area contributed by atoms with Crippen molar-refractivity contribution in [3.05, 3.63) is 53.5 Å². The van der Waals surface area contributed by atoms with Crippen molar-refractivity contribution in [2.45, 2.75) is 37.8 Å². The fourth-order valence-electron chi connectivity index (χ4n) is 3.18. The lowest BCUT2D eigenvalue weighted by molar-refractivity contribution is 0.306. The molecule has 1 fully saturated rings. The minimum Gasteiger partial charge on any atom is -0.468 e. The SMILES string of the molecule is Cc1ccc(S(=O)(=O)N(Cc2ccco2)[C@@H]2CCS(=O)(=O)C2)c(C)c1. The van der Waals surface area contributed by atoms with Crippen molar-refractivity contribution in [2.75, 3.05) is 11.5 Å². The molecule has 0 saturated carbocycles. The summed E-state index contributed by atoms with van der Waals surface area (Å²) in [5.41, 5.74) is 1.61. The fraction of sp³-hybridized carbons (Fsp3) is 0.412. The first kappa shape index (κ1) is 18.2. The molecule has 6 nitrogen and oxygen atoms in total. The molecular weight excluding hydrogens is 362 g/mol. The second-order valence-corrected chi connectivity index (χ2v) is 10.5. The second-order valence-electron chi connectivity index (χ2n) is 6.46. The molecule has 1 aliphatic heterocycles. The van der Waals surface area contributed by atoms with Crippen molar-refractivity contribution in [1.29, 1.82) is 0 Å². The van der Waals surface area contributed by atoms with Crippen LogP contribution in [0.5, 0.6) is 0 Å². The van der Waals surface area contributed by atoms with E-state index in [-0.39, 0.29) is 22.9 Å². The number of nitrogens with zero attached hydrogens (tertiary/aromatic N) is 1. The van der Waals surface area contributed by atoms with E-state index < -0.39 is 25.9 Å². The topological polar surface area (TPSA) is 84.7 Å². The Morgan fingerprint density at radius 2 is 2.00 bits per heavy atom. The maximum absolute atomic E-state index is 13.3. The lowest BCUT2D eigenvalue weighted by atomic mass is 10.2. The molecule has 0 aliphatic carbocycles. The third-order valence-electron chi connectivity index (χ3n) is 4.42. The van der Waals surface area contributed by atoms with E-state index in [0.717, 1.165) is 5.56 Å². The molecule has 1 aromatic heterocycles. The number of sulfonamides is 1. The van der Waals surface area contributed by atoms with Crippen LogP contribution < -0.4 is 0 Å². The van der Waals surface area contributed by atoms with Gasteiger partial charge in [0.25, 0.3) is 0 Å².